The monoisotopic (exact) mass is 622 g/mol. The fourth-order valence-corrected chi connectivity index (χ4v) is 7.63. The molecule has 2 aromatic rings. The summed E-state index contributed by atoms with van der Waals surface area (Å²) >= 11 is 17.0. The van der Waals surface area contributed by atoms with E-state index in [9.17, 15) is 9.90 Å². The van der Waals surface area contributed by atoms with Gasteiger partial charge in [0.25, 0.3) is 9.70 Å². The summed E-state index contributed by atoms with van der Waals surface area (Å²) in [6, 6.07) is 16.4. The molecule has 0 spiro atoms. The third-order valence-corrected chi connectivity index (χ3v) is 9.54. The molecule has 2 N–H and O–H groups in total. The predicted molar refractivity (Wildman–Crippen MR) is 163 cm³/mol. The Balaban J connectivity index is 1.35. The number of alkyl halides is 3. The van der Waals surface area contributed by atoms with E-state index in [1.54, 1.807) is 0 Å². The highest BCUT2D eigenvalue weighted by Gasteiger charge is 2.51. The van der Waals surface area contributed by atoms with Crippen molar-refractivity contribution in [1.82, 2.24) is 10.2 Å². The second kappa shape index (κ2) is 12.0. The highest BCUT2D eigenvalue weighted by Crippen LogP contribution is 2.53. The Morgan fingerprint density at radius 2 is 1.63 bits per heavy atom. The minimum absolute atomic E-state index is 0.00957. The molecule has 6 atom stereocenters. The van der Waals surface area contributed by atoms with E-state index in [0.29, 0.717) is 16.9 Å². The topological polar surface area (TPSA) is 71.0 Å². The normalized spacial score (nSPS) is 31.7. The van der Waals surface area contributed by atoms with Gasteiger partial charge in [-0.25, -0.2) is 0 Å². The maximum Gasteiger partial charge on any atom is 0.272 e. The summed E-state index contributed by atoms with van der Waals surface area (Å²) in [5.41, 5.74) is 4.43. The Bertz CT molecular complexity index is 1220. The molecule has 0 radical (unpaired) electrons. The van der Waals surface area contributed by atoms with E-state index in [-0.39, 0.29) is 31.3 Å². The van der Waals surface area contributed by atoms with Crippen molar-refractivity contribution in [3.05, 3.63) is 70.8 Å². The summed E-state index contributed by atoms with van der Waals surface area (Å²) in [5.74, 6) is -0.537. The third-order valence-electron chi connectivity index (χ3n) is 9.02. The van der Waals surface area contributed by atoms with Crippen LogP contribution in [0, 0.1) is 16.7 Å². The van der Waals surface area contributed by atoms with E-state index in [4.69, 9.17) is 44.3 Å². The summed E-state index contributed by atoms with van der Waals surface area (Å²) in [6.07, 6.45) is 2.99. The zero-order chi connectivity index (χ0) is 29.6. The van der Waals surface area contributed by atoms with Gasteiger partial charge < -0.3 is 19.9 Å². The number of likely N-dealkylation sites (tertiary alicyclic amines) is 1. The smallest absolute Gasteiger partial charge is 0.272 e. The predicted octanol–water partition coefficient (Wildman–Crippen LogP) is 6.86. The van der Waals surface area contributed by atoms with Crippen LogP contribution >= 0.6 is 34.8 Å². The van der Waals surface area contributed by atoms with E-state index in [1.165, 1.54) is 19.3 Å². The lowest BCUT2D eigenvalue weighted by Crippen LogP contribution is -2.46. The van der Waals surface area contributed by atoms with Crippen LogP contribution in [-0.2, 0) is 27.4 Å². The molecule has 41 heavy (non-hydrogen) atoms. The molecule has 2 aliphatic heterocycles. The Kier molecular flexibility index (Phi) is 9.05. The number of halogens is 3. The van der Waals surface area contributed by atoms with E-state index < -0.39 is 16.0 Å². The summed E-state index contributed by atoms with van der Waals surface area (Å²) in [6.45, 7) is 11.7. The minimum atomic E-state index is -2.00. The van der Waals surface area contributed by atoms with Crippen LogP contribution in [-0.4, -0.2) is 44.9 Å². The first kappa shape index (κ1) is 31.1. The van der Waals surface area contributed by atoms with Crippen molar-refractivity contribution in [1.29, 1.82) is 0 Å². The van der Waals surface area contributed by atoms with Gasteiger partial charge in [-0.3, -0.25) is 9.69 Å². The molecule has 1 amide bonds. The van der Waals surface area contributed by atoms with Gasteiger partial charge in [-0.05, 0) is 46.8 Å². The molecule has 3 fully saturated rings. The maximum absolute atomic E-state index is 11.9. The molecule has 2 aromatic carbocycles. The molecule has 5 rings (SSSR count). The largest absolute Gasteiger partial charge is 0.392 e. The summed E-state index contributed by atoms with van der Waals surface area (Å²) < 4.78 is 11.4. The maximum atomic E-state index is 11.9. The molecule has 0 aromatic heterocycles. The number of aliphatic hydroxyl groups is 1. The Hall–Kier alpha value is -1.38. The Morgan fingerprint density at radius 1 is 1.00 bits per heavy atom. The molecular formula is C32H41Cl3N2O4. The molecule has 1 saturated carbocycles. The average molecular weight is 624 g/mol. The molecule has 1 aliphatic carbocycles. The first-order chi connectivity index (χ1) is 19.2. The minimum Gasteiger partial charge on any atom is -0.392 e. The molecule has 2 heterocycles. The van der Waals surface area contributed by atoms with Crippen molar-refractivity contribution in [3.63, 3.8) is 0 Å². The Morgan fingerprint density at radius 3 is 2.27 bits per heavy atom. The fourth-order valence-electron chi connectivity index (χ4n) is 7.42. The van der Waals surface area contributed by atoms with Crippen molar-refractivity contribution in [3.8, 4) is 0 Å². The van der Waals surface area contributed by atoms with Crippen LogP contribution in [0.3, 0.4) is 0 Å². The van der Waals surface area contributed by atoms with E-state index in [2.05, 4.69) is 50.0 Å². The number of ether oxygens (including phenoxy) is 2. The van der Waals surface area contributed by atoms with Gasteiger partial charge in [0.2, 0.25) is 0 Å². The number of carbonyl (C=O) groups excluding carboxylic acids is 1. The molecular weight excluding hydrogens is 583 g/mol. The number of fused-ring (bicyclic) bond motifs is 2. The molecule has 9 heteroatoms. The Labute approximate surface area is 258 Å². The number of carbonyl (C=O) groups is 1. The summed E-state index contributed by atoms with van der Waals surface area (Å²) in [7, 11) is 0. The van der Waals surface area contributed by atoms with Gasteiger partial charge in [0.1, 0.15) is 0 Å². The number of aliphatic hydroxyl groups excluding tert-OH is 1. The average Bonchev–Trinajstić information content (AvgIpc) is 3.15. The summed E-state index contributed by atoms with van der Waals surface area (Å²) in [5, 5.41) is 12.2. The number of rotatable bonds is 7. The van der Waals surface area contributed by atoms with Gasteiger partial charge >= 0.3 is 0 Å². The van der Waals surface area contributed by atoms with Crippen molar-refractivity contribution in [2.24, 2.45) is 16.7 Å². The van der Waals surface area contributed by atoms with Crippen LogP contribution in [0.5, 0.6) is 0 Å². The quantitative estimate of drug-likeness (QED) is 0.330. The van der Waals surface area contributed by atoms with Crippen molar-refractivity contribution in [2.75, 3.05) is 13.1 Å². The van der Waals surface area contributed by atoms with Gasteiger partial charge in [0.05, 0.1) is 18.8 Å². The fraction of sp³-hybridized carbons (Fsp3) is 0.594. The zero-order valence-corrected chi connectivity index (χ0v) is 26.5. The summed E-state index contributed by atoms with van der Waals surface area (Å²) in [4.78, 5) is 14.6. The van der Waals surface area contributed by atoms with Gasteiger partial charge in [0, 0.05) is 37.2 Å². The number of nitrogens with zero attached hydrogens (tertiary/aromatic N) is 1. The molecule has 2 saturated heterocycles. The van der Waals surface area contributed by atoms with Crippen molar-refractivity contribution < 1.29 is 19.4 Å². The van der Waals surface area contributed by atoms with E-state index in [1.807, 2.05) is 36.4 Å². The van der Waals surface area contributed by atoms with Crippen LogP contribution in [0.15, 0.2) is 48.5 Å². The highest BCUT2D eigenvalue weighted by molar-refractivity contribution is 6.76. The number of hydrogen-bond donors (Lipinski definition) is 2. The lowest BCUT2D eigenvalue weighted by atomic mass is 9.65. The molecule has 3 aliphatic rings. The second-order valence-electron chi connectivity index (χ2n) is 13.4. The van der Waals surface area contributed by atoms with Crippen LogP contribution < -0.4 is 5.32 Å². The van der Waals surface area contributed by atoms with Crippen LogP contribution in [0.1, 0.15) is 81.6 Å². The van der Waals surface area contributed by atoms with Gasteiger partial charge in [-0.15, -0.1) is 0 Å². The number of amides is 1. The van der Waals surface area contributed by atoms with Gasteiger partial charge in [-0.1, -0.05) is 111 Å². The van der Waals surface area contributed by atoms with E-state index >= 15 is 0 Å². The molecule has 224 valence electrons. The molecule has 2 unspecified atom stereocenters. The lowest BCUT2D eigenvalue weighted by Gasteiger charge is -2.43. The molecule has 2 bridgehead atoms. The van der Waals surface area contributed by atoms with Gasteiger partial charge in [-0.2, -0.15) is 0 Å². The van der Waals surface area contributed by atoms with Crippen LogP contribution in [0.2, 0.25) is 0 Å². The van der Waals surface area contributed by atoms with E-state index in [0.717, 1.165) is 35.3 Å². The molecule has 6 nitrogen and oxygen atoms in total. The van der Waals surface area contributed by atoms with Crippen molar-refractivity contribution >= 4 is 40.7 Å². The second-order valence-corrected chi connectivity index (χ2v) is 15.7. The third kappa shape index (κ3) is 7.23. The number of hydrogen-bond acceptors (Lipinski definition) is 5. The lowest BCUT2D eigenvalue weighted by molar-refractivity contribution is -0.276. The highest BCUT2D eigenvalue weighted by atomic mass is 35.6. The van der Waals surface area contributed by atoms with Crippen LogP contribution in [0.25, 0.3) is 0 Å². The van der Waals surface area contributed by atoms with Gasteiger partial charge in [0.15, 0.2) is 6.29 Å². The standard InChI is InChI=1S/C32H41Cl3N2O4/c1-20-26(16-37-19-31(4)14-25(37)13-30(2,3)18-31)40-28(41-27(20)23-9-7-22(17-38)8-10-23)24-11-5-21(6-12-24)15-36-29(39)32(33,34)35/h5-12,20,25-28,38H,13-19H2,1-4H3,(H,36,39)/t20-,25?,26+,27+,28+,31?/m0/s1. The number of nitrogens with one attached hydrogen (secondary N) is 1. The first-order valence-electron chi connectivity index (χ1n) is 14.4. The van der Waals surface area contributed by atoms with Crippen LogP contribution in [0.4, 0.5) is 0 Å². The van der Waals surface area contributed by atoms with Crippen molar-refractivity contribution in [2.45, 2.75) is 88.4 Å². The zero-order valence-electron chi connectivity index (χ0n) is 24.2. The number of benzene rings is 2. The first-order valence-corrected chi connectivity index (χ1v) is 15.6. The SMILES string of the molecule is C[C@H]1[C@@H](CN2CC3(C)CC2CC(C)(C)C3)O[C@@H](c2ccc(CNC(=O)C(Cl)(Cl)Cl)cc2)O[C@H]1c1ccc(CO)cc1.